The van der Waals surface area contributed by atoms with E-state index in [1.54, 1.807) is 43.3 Å². The van der Waals surface area contributed by atoms with Crippen molar-refractivity contribution >= 4 is 44.6 Å². The van der Waals surface area contributed by atoms with Crippen LogP contribution in [0.25, 0.3) is 10.9 Å². The van der Waals surface area contributed by atoms with Gasteiger partial charge in [0.2, 0.25) is 0 Å². The number of carbonyl (C=O) groups excluding carboxylic acids is 1. The van der Waals surface area contributed by atoms with E-state index in [0.29, 0.717) is 28.0 Å². The molecule has 4 rings (SSSR count). The molecule has 0 unspecified atom stereocenters. The normalized spacial score (nSPS) is 11.1. The third-order valence-corrected chi connectivity index (χ3v) is 5.50. The molecule has 35 heavy (non-hydrogen) atoms. The van der Waals surface area contributed by atoms with Gasteiger partial charge in [-0.1, -0.05) is 34.1 Å². The minimum Gasteiger partial charge on any atom is -0.493 e. The molecule has 1 amide bonds. The monoisotopic (exact) mass is 538 g/mol. The number of carbonyl (C=O) groups is 1. The maximum absolute atomic E-state index is 13.8. The number of halogens is 2. The van der Waals surface area contributed by atoms with E-state index in [9.17, 15) is 14.0 Å². The average molecular weight is 539 g/mol. The van der Waals surface area contributed by atoms with Crippen molar-refractivity contribution < 1.29 is 18.7 Å². The molecule has 8 nitrogen and oxygen atoms in total. The average Bonchev–Trinajstić information content (AvgIpc) is 2.84. The van der Waals surface area contributed by atoms with E-state index in [1.165, 1.54) is 36.2 Å². The number of ether oxygens (including phenoxy) is 2. The smallest absolute Gasteiger partial charge is 0.282 e. The predicted octanol–water partition coefficient (Wildman–Crippen LogP) is 4.51. The SMILES string of the molecule is COc1cccc(C=Nn2c(C)nc3ccc(Br)cc3c2=O)c1OCC(=O)Nc1ccccc1F. The number of nitrogens with one attached hydrogen (secondary N) is 1. The van der Waals surface area contributed by atoms with Crippen molar-refractivity contribution in [2.75, 3.05) is 19.0 Å². The van der Waals surface area contributed by atoms with Crippen molar-refractivity contribution in [3.05, 3.63) is 92.7 Å². The zero-order chi connectivity index (χ0) is 24.9. The Kier molecular flexibility index (Phi) is 7.21. The summed E-state index contributed by atoms with van der Waals surface area (Å²) in [6, 6.07) is 16.2. The number of amides is 1. The first-order valence-corrected chi connectivity index (χ1v) is 11.2. The second kappa shape index (κ2) is 10.5. The number of methoxy groups -OCH3 is 1. The summed E-state index contributed by atoms with van der Waals surface area (Å²) in [6.07, 6.45) is 1.42. The van der Waals surface area contributed by atoms with Gasteiger partial charge < -0.3 is 14.8 Å². The van der Waals surface area contributed by atoms with E-state index in [0.717, 1.165) is 4.47 Å². The molecule has 0 aliphatic heterocycles. The van der Waals surface area contributed by atoms with Gasteiger partial charge in [0.25, 0.3) is 11.5 Å². The Hall–Kier alpha value is -4.05. The number of hydrogen-bond acceptors (Lipinski definition) is 6. The highest BCUT2D eigenvalue weighted by Crippen LogP contribution is 2.30. The van der Waals surface area contributed by atoms with Crippen LogP contribution < -0.4 is 20.3 Å². The summed E-state index contributed by atoms with van der Waals surface area (Å²) in [5.41, 5.74) is 0.741. The largest absolute Gasteiger partial charge is 0.493 e. The van der Waals surface area contributed by atoms with E-state index < -0.39 is 18.3 Å². The summed E-state index contributed by atoms with van der Waals surface area (Å²) in [4.78, 5) is 29.8. The molecular formula is C25H20BrFN4O4. The van der Waals surface area contributed by atoms with Crippen LogP contribution in [0.15, 0.2) is 75.0 Å². The van der Waals surface area contributed by atoms with Crippen molar-refractivity contribution in [3.8, 4) is 11.5 Å². The van der Waals surface area contributed by atoms with Crippen molar-refractivity contribution in [1.29, 1.82) is 0 Å². The number of nitrogens with zero attached hydrogens (tertiary/aromatic N) is 3. The molecule has 0 saturated carbocycles. The summed E-state index contributed by atoms with van der Waals surface area (Å²) < 4.78 is 26.8. The van der Waals surface area contributed by atoms with Gasteiger partial charge in [-0.25, -0.2) is 9.37 Å². The molecule has 0 spiro atoms. The zero-order valence-electron chi connectivity index (χ0n) is 18.8. The summed E-state index contributed by atoms with van der Waals surface area (Å²) in [6.45, 7) is 1.27. The van der Waals surface area contributed by atoms with E-state index in [4.69, 9.17) is 9.47 Å². The first kappa shape index (κ1) is 24.1. The van der Waals surface area contributed by atoms with Gasteiger partial charge in [-0.15, -0.1) is 0 Å². The van der Waals surface area contributed by atoms with Gasteiger partial charge in [-0.2, -0.15) is 9.78 Å². The molecule has 4 aromatic rings. The number of anilines is 1. The van der Waals surface area contributed by atoms with Gasteiger partial charge in [-0.3, -0.25) is 9.59 Å². The molecule has 0 atom stereocenters. The molecule has 0 saturated heterocycles. The summed E-state index contributed by atoms with van der Waals surface area (Å²) >= 11 is 3.37. The lowest BCUT2D eigenvalue weighted by molar-refractivity contribution is -0.118. The first-order valence-electron chi connectivity index (χ1n) is 10.4. The van der Waals surface area contributed by atoms with Crippen LogP contribution in [0, 0.1) is 12.7 Å². The fourth-order valence-corrected chi connectivity index (χ4v) is 3.71. The van der Waals surface area contributed by atoms with Crippen molar-refractivity contribution in [2.24, 2.45) is 5.10 Å². The van der Waals surface area contributed by atoms with Crippen LogP contribution in [-0.4, -0.2) is 35.5 Å². The quantitative estimate of drug-likeness (QED) is 0.349. The second-order valence-corrected chi connectivity index (χ2v) is 8.29. The molecule has 0 radical (unpaired) electrons. The van der Waals surface area contributed by atoms with Gasteiger partial charge >= 0.3 is 0 Å². The van der Waals surface area contributed by atoms with Crippen LogP contribution >= 0.6 is 15.9 Å². The molecule has 178 valence electrons. The number of aromatic nitrogens is 2. The fourth-order valence-electron chi connectivity index (χ4n) is 3.35. The maximum Gasteiger partial charge on any atom is 0.282 e. The van der Waals surface area contributed by atoms with Gasteiger partial charge in [0.1, 0.15) is 11.6 Å². The molecule has 0 aliphatic carbocycles. The maximum atomic E-state index is 13.8. The van der Waals surface area contributed by atoms with Crippen LogP contribution in [0.3, 0.4) is 0 Å². The topological polar surface area (TPSA) is 94.8 Å². The second-order valence-electron chi connectivity index (χ2n) is 7.38. The summed E-state index contributed by atoms with van der Waals surface area (Å²) in [7, 11) is 1.46. The Morgan fingerprint density at radius 1 is 1.20 bits per heavy atom. The zero-order valence-corrected chi connectivity index (χ0v) is 20.4. The predicted molar refractivity (Wildman–Crippen MR) is 135 cm³/mol. The van der Waals surface area contributed by atoms with E-state index >= 15 is 0 Å². The molecule has 0 fully saturated rings. The van der Waals surface area contributed by atoms with E-state index in [-0.39, 0.29) is 17.0 Å². The molecule has 1 heterocycles. The van der Waals surface area contributed by atoms with Gasteiger partial charge in [-0.05, 0) is 49.4 Å². The lowest BCUT2D eigenvalue weighted by Gasteiger charge is -2.13. The molecule has 1 N–H and O–H groups in total. The van der Waals surface area contributed by atoms with Crippen LogP contribution in [0.4, 0.5) is 10.1 Å². The third kappa shape index (κ3) is 5.38. The number of para-hydroxylation sites is 2. The number of rotatable bonds is 7. The number of aryl methyl sites for hydroxylation is 1. The highest BCUT2D eigenvalue weighted by atomic mass is 79.9. The number of benzene rings is 3. The highest BCUT2D eigenvalue weighted by molar-refractivity contribution is 9.10. The van der Waals surface area contributed by atoms with Gasteiger partial charge in [0.15, 0.2) is 18.1 Å². The van der Waals surface area contributed by atoms with Crippen LogP contribution in [0.5, 0.6) is 11.5 Å². The van der Waals surface area contributed by atoms with Crippen LogP contribution in [0.2, 0.25) is 0 Å². The minimum atomic E-state index is -0.555. The Morgan fingerprint density at radius 2 is 2.00 bits per heavy atom. The van der Waals surface area contributed by atoms with Crippen LogP contribution in [0.1, 0.15) is 11.4 Å². The Bertz CT molecular complexity index is 1500. The van der Waals surface area contributed by atoms with E-state index in [2.05, 4.69) is 31.3 Å². The third-order valence-electron chi connectivity index (χ3n) is 5.01. The molecular weight excluding hydrogens is 519 g/mol. The lowest BCUT2D eigenvalue weighted by atomic mass is 10.2. The fraction of sp³-hybridized carbons (Fsp3) is 0.120. The number of hydrogen-bond donors (Lipinski definition) is 1. The van der Waals surface area contributed by atoms with E-state index in [1.807, 2.05) is 6.07 Å². The number of fused-ring (bicyclic) bond motifs is 1. The van der Waals surface area contributed by atoms with Gasteiger partial charge in [0, 0.05) is 10.0 Å². The van der Waals surface area contributed by atoms with Gasteiger partial charge in [0.05, 0.1) is 29.9 Å². The van der Waals surface area contributed by atoms with Crippen LogP contribution in [-0.2, 0) is 4.79 Å². The van der Waals surface area contributed by atoms with Crippen molar-refractivity contribution in [1.82, 2.24) is 9.66 Å². The summed E-state index contributed by atoms with van der Waals surface area (Å²) in [5, 5.41) is 7.19. The minimum absolute atomic E-state index is 0.0493. The molecule has 10 heteroatoms. The molecule has 0 aliphatic rings. The Morgan fingerprint density at radius 3 is 2.77 bits per heavy atom. The lowest BCUT2D eigenvalue weighted by Crippen LogP contribution is -2.22. The molecule has 1 aromatic heterocycles. The molecule has 0 bridgehead atoms. The summed E-state index contributed by atoms with van der Waals surface area (Å²) in [5.74, 6) is -0.110. The van der Waals surface area contributed by atoms with Crippen molar-refractivity contribution in [3.63, 3.8) is 0 Å². The standard InChI is InChI=1S/C25H20BrFN4O4/c1-15-29-20-11-10-17(26)12-18(20)25(33)31(15)28-13-16-6-5-9-22(34-2)24(16)35-14-23(32)30-21-8-4-3-7-19(21)27/h3-13H,14H2,1-2H3,(H,30,32). The Balaban J connectivity index is 1.61. The van der Waals surface area contributed by atoms with Crippen molar-refractivity contribution in [2.45, 2.75) is 6.92 Å². The Labute approximate surface area is 208 Å². The first-order chi connectivity index (χ1) is 16.9. The highest BCUT2D eigenvalue weighted by Gasteiger charge is 2.14. The molecule has 3 aromatic carbocycles.